The molecule has 0 radical (unpaired) electrons. The fraction of sp³-hybridized carbons (Fsp3) is 0.281. The fourth-order valence-corrected chi connectivity index (χ4v) is 6.11. The standard InChI is InChI=1S/C32H31NO6S/c34-29(37-21-23-10-4-1-5-11-23)19-16-25-20-32(39-30(25)35,40-26-14-8-3-9-15-26)28-18-17-27(33-28)31(36)38-22-24-12-6-2-7-13-24/h1-15,20,27-28,33H,16-19,21-22H2/t27-,28?,32?/m0/s1. The van der Waals surface area contributed by atoms with E-state index >= 15 is 0 Å². The third-order valence-electron chi connectivity index (χ3n) is 6.89. The van der Waals surface area contributed by atoms with E-state index in [0.717, 1.165) is 16.0 Å². The molecule has 40 heavy (non-hydrogen) atoms. The summed E-state index contributed by atoms with van der Waals surface area (Å²) in [4.78, 5) is 38.1. The highest BCUT2D eigenvalue weighted by Gasteiger charge is 2.51. The lowest BCUT2D eigenvalue weighted by molar-refractivity contribution is -0.147. The lowest BCUT2D eigenvalue weighted by Gasteiger charge is -2.32. The Labute approximate surface area is 237 Å². The van der Waals surface area contributed by atoms with Crippen LogP contribution in [-0.4, -0.2) is 34.9 Å². The first-order valence-corrected chi connectivity index (χ1v) is 14.2. The zero-order valence-electron chi connectivity index (χ0n) is 22.0. The summed E-state index contributed by atoms with van der Waals surface area (Å²) in [6.07, 6.45) is 3.25. The molecule has 0 aliphatic carbocycles. The molecule has 0 saturated carbocycles. The van der Waals surface area contributed by atoms with Gasteiger partial charge in [-0.1, -0.05) is 90.6 Å². The van der Waals surface area contributed by atoms with Gasteiger partial charge in [-0.2, -0.15) is 0 Å². The number of hydrogen-bond donors (Lipinski definition) is 1. The van der Waals surface area contributed by atoms with E-state index in [2.05, 4.69) is 5.32 Å². The maximum Gasteiger partial charge on any atom is 0.335 e. The molecule has 2 heterocycles. The molecule has 5 rings (SSSR count). The summed E-state index contributed by atoms with van der Waals surface area (Å²) in [6, 6.07) is 27.8. The van der Waals surface area contributed by atoms with Crippen molar-refractivity contribution in [2.24, 2.45) is 0 Å². The molecule has 1 fully saturated rings. The van der Waals surface area contributed by atoms with E-state index in [4.69, 9.17) is 14.2 Å². The molecular formula is C32H31NO6S. The van der Waals surface area contributed by atoms with Gasteiger partial charge in [0.15, 0.2) is 4.93 Å². The second kappa shape index (κ2) is 13.0. The predicted molar refractivity (Wildman–Crippen MR) is 151 cm³/mol. The van der Waals surface area contributed by atoms with Crippen LogP contribution in [0.5, 0.6) is 0 Å². The Bertz CT molecular complexity index is 1350. The molecule has 2 unspecified atom stereocenters. The Morgan fingerprint density at radius 2 is 1.45 bits per heavy atom. The number of cyclic esters (lactones) is 1. The summed E-state index contributed by atoms with van der Waals surface area (Å²) in [6.45, 7) is 0.385. The minimum Gasteiger partial charge on any atom is -0.461 e. The number of ether oxygens (including phenoxy) is 3. The Hall–Kier alpha value is -3.88. The Balaban J connectivity index is 1.24. The highest BCUT2D eigenvalue weighted by molar-refractivity contribution is 8.00. The van der Waals surface area contributed by atoms with Gasteiger partial charge < -0.3 is 14.2 Å². The van der Waals surface area contributed by atoms with Crippen LogP contribution in [0.15, 0.2) is 108 Å². The summed E-state index contributed by atoms with van der Waals surface area (Å²) < 4.78 is 17.0. The number of esters is 3. The van der Waals surface area contributed by atoms with E-state index in [1.54, 1.807) is 0 Å². The van der Waals surface area contributed by atoms with Crippen molar-refractivity contribution >= 4 is 29.7 Å². The Morgan fingerprint density at radius 3 is 2.10 bits per heavy atom. The van der Waals surface area contributed by atoms with Crippen molar-refractivity contribution in [3.8, 4) is 0 Å². The van der Waals surface area contributed by atoms with Gasteiger partial charge in [0, 0.05) is 16.9 Å². The first-order valence-electron chi connectivity index (χ1n) is 13.4. The van der Waals surface area contributed by atoms with E-state index in [1.165, 1.54) is 11.8 Å². The van der Waals surface area contributed by atoms with Crippen molar-refractivity contribution in [1.29, 1.82) is 0 Å². The SMILES string of the molecule is O=C(CCC1=CC(Sc2ccccc2)(C2CC[C@@H](C(=O)OCc3ccccc3)N2)OC1=O)OCc1ccccc1. The number of thioether (sulfide) groups is 1. The van der Waals surface area contributed by atoms with Crippen LogP contribution in [0.2, 0.25) is 0 Å². The fourth-order valence-electron chi connectivity index (χ4n) is 4.80. The Morgan fingerprint density at radius 1 is 0.850 bits per heavy atom. The van der Waals surface area contributed by atoms with Crippen molar-refractivity contribution in [2.75, 3.05) is 0 Å². The molecule has 7 nitrogen and oxygen atoms in total. The molecule has 1 N–H and O–H groups in total. The molecular weight excluding hydrogens is 526 g/mol. The first kappa shape index (κ1) is 27.7. The van der Waals surface area contributed by atoms with E-state index in [-0.39, 0.29) is 44.0 Å². The number of nitrogens with one attached hydrogen (secondary N) is 1. The highest BCUT2D eigenvalue weighted by atomic mass is 32.2. The first-order chi connectivity index (χ1) is 19.5. The highest BCUT2D eigenvalue weighted by Crippen LogP contribution is 2.46. The number of benzene rings is 3. The lowest BCUT2D eigenvalue weighted by atomic mass is 10.0. The number of carbonyl (C=O) groups excluding carboxylic acids is 3. The van der Waals surface area contributed by atoms with Crippen LogP contribution >= 0.6 is 11.8 Å². The summed E-state index contributed by atoms with van der Waals surface area (Å²) in [5.74, 6) is -1.18. The van der Waals surface area contributed by atoms with E-state index in [9.17, 15) is 14.4 Å². The minimum absolute atomic E-state index is 0.0619. The van der Waals surface area contributed by atoms with Gasteiger partial charge in [-0.05, 0) is 48.6 Å². The van der Waals surface area contributed by atoms with Crippen molar-refractivity contribution in [1.82, 2.24) is 5.32 Å². The molecule has 206 valence electrons. The van der Waals surface area contributed by atoms with Gasteiger partial charge in [0.05, 0.1) is 6.04 Å². The molecule has 3 atom stereocenters. The topological polar surface area (TPSA) is 90.9 Å². The van der Waals surface area contributed by atoms with E-state index < -0.39 is 16.9 Å². The van der Waals surface area contributed by atoms with Crippen LogP contribution in [0.4, 0.5) is 0 Å². The molecule has 3 aromatic carbocycles. The van der Waals surface area contributed by atoms with Gasteiger partial charge in [-0.3, -0.25) is 14.9 Å². The third kappa shape index (κ3) is 7.00. The van der Waals surface area contributed by atoms with Crippen LogP contribution < -0.4 is 5.32 Å². The van der Waals surface area contributed by atoms with Gasteiger partial charge in [0.25, 0.3) is 0 Å². The van der Waals surface area contributed by atoms with Crippen molar-refractivity contribution in [2.45, 2.75) is 60.8 Å². The maximum atomic E-state index is 13.0. The number of carbonyl (C=O) groups is 3. The summed E-state index contributed by atoms with van der Waals surface area (Å²) in [5.41, 5.74) is 2.25. The third-order valence-corrected chi connectivity index (χ3v) is 8.20. The minimum atomic E-state index is -1.06. The van der Waals surface area contributed by atoms with Crippen LogP contribution in [0.1, 0.15) is 36.8 Å². The number of rotatable bonds is 11. The second-order valence-electron chi connectivity index (χ2n) is 9.78. The summed E-state index contributed by atoms with van der Waals surface area (Å²) >= 11 is 1.42. The molecule has 2 aliphatic rings. The van der Waals surface area contributed by atoms with Gasteiger partial charge in [0.2, 0.25) is 0 Å². The van der Waals surface area contributed by atoms with Gasteiger partial charge in [-0.15, -0.1) is 0 Å². The summed E-state index contributed by atoms with van der Waals surface area (Å²) in [7, 11) is 0. The second-order valence-corrected chi connectivity index (χ2v) is 11.1. The number of hydrogen-bond acceptors (Lipinski definition) is 8. The van der Waals surface area contributed by atoms with Crippen LogP contribution in [0.25, 0.3) is 0 Å². The van der Waals surface area contributed by atoms with Crippen LogP contribution in [0.3, 0.4) is 0 Å². The molecule has 0 spiro atoms. The van der Waals surface area contributed by atoms with E-state index in [1.807, 2.05) is 97.1 Å². The predicted octanol–water partition coefficient (Wildman–Crippen LogP) is 5.35. The van der Waals surface area contributed by atoms with Crippen LogP contribution in [-0.2, 0) is 41.8 Å². The molecule has 1 saturated heterocycles. The van der Waals surface area contributed by atoms with Crippen molar-refractivity contribution in [3.63, 3.8) is 0 Å². The van der Waals surface area contributed by atoms with E-state index in [0.29, 0.717) is 18.4 Å². The van der Waals surface area contributed by atoms with Gasteiger partial charge >= 0.3 is 17.9 Å². The average Bonchev–Trinajstić information content (AvgIpc) is 3.61. The van der Waals surface area contributed by atoms with Crippen LogP contribution in [0, 0.1) is 0 Å². The Kier molecular flexibility index (Phi) is 8.98. The molecule has 0 aromatic heterocycles. The molecule has 0 bridgehead atoms. The van der Waals surface area contributed by atoms with Crippen molar-refractivity contribution in [3.05, 3.63) is 114 Å². The largest absolute Gasteiger partial charge is 0.461 e. The summed E-state index contributed by atoms with van der Waals surface area (Å²) in [5, 5.41) is 3.37. The smallest absolute Gasteiger partial charge is 0.335 e. The van der Waals surface area contributed by atoms with Crippen molar-refractivity contribution < 1.29 is 28.6 Å². The molecule has 0 amide bonds. The zero-order chi connectivity index (χ0) is 27.8. The molecule has 3 aromatic rings. The quantitative estimate of drug-likeness (QED) is 0.249. The van der Waals surface area contributed by atoms with Gasteiger partial charge in [0.1, 0.15) is 19.3 Å². The zero-order valence-corrected chi connectivity index (χ0v) is 22.8. The average molecular weight is 558 g/mol. The van der Waals surface area contributed by atoms with Gasteiger partial charge in [-0.25, -0.2) is 4.79 Å². The maximum absolute atomic E-state index is 13.0. The monoisotopic (exact) mass is 557 g/mol. The lowest BCUT2D eigenvalue weighted by Crippen LogP contribution is -2.48. The normalized spacial score (nSPS) is 21.9. The molecule has 2 aliphatic heterocycles. The molecule has 8 heteroatoms.